The van der Waals surface area contributed by atoms with Gasteiger partial charge in [-0.1, -0.05) is 19.9 Å². The largest absolute Gasteiger partial charge is 0.496 e. The highest BCUT2D eigenvalue weighted by atomic mass is 32.1. The Morgan fingerprint density at radius 2 is 1.95 bits per heavy atom. The number of thiazole rings is 1. The molecule has 1 N–H and O–H groups in total. The first-order chi connectivity index (χ1) is 19.1. The van der Waals surface area contributed by atoms with Crippen LogP contribution in [0.15, 0.2) is 36.2 Å². The molecule has 0 saturated heterocycles. The normalized spacial score (nSPS) is 18.7. The molecule has 0 bridgehead atoms. The van der Waals surface area contributed by atoms with E-state index < -0.39 is 23.9 Å². The van der Waals surface area contributed by atoms with Gasteiger partial charge in [-0.15, -0.1) is 17.9 Å². The summed E-state index contributed by atoms with van der Waals surface area (Å²) >= 11 is 1.53. The number of fused-ring (bicyclic) bond motifs is 1. The molecular weight excluding hydrogens is 526 g/mol. The summed E-state index contributed by atoms with van der Waals surface area (Å²) < 4.78 is 12.1. The minimum atomic E-state index is -0.964. The highest BCUT2D eigenvalue weighted by molar-refractivity contribution is 7.13. The number of carbonyl (C=O) groups is 2. The van der Waals surface area contributed by atoms with Crippen LogP contribution >= 0.6 is 11.3 Å². The number of carbonyl (C=O) groups excluding carboxylic acids is 1. The molecule has 0 unspecified atom stereocenters. The van der Waals surface area contributed by atoms with E-state index in [2.05, 4.69) is 20.4 Å². The Balaban J connectivity index is 1.64. The molecule has 1 fully saturated rings. The summed E-state index contributed by atoms with van der Waals surface area (Å²) in [6.07, 6.45) is 4.74. The first-order valence-electron chi connectivity index (χ1n) is 13.8. The summed E-state index contributed by atoms with van der Waals surface area (Å²) in [6.45, 7) is 10.5. The van der Waals surface area contributed by atoms with Gasteiger partial charge in [-0.3, -0.25) is 9.59 Å². The molecule has 214 valence electrons. The number of hydrogen-bond acceptors (Lipinski definition) is 7. The molecule has 3 aromatic rings. The number of pyridine rings is 1. The van der Waals surface area contributed by atoms with E-state index in [1.165, 1.54) is 11.3 Å². The fourth-order valence-electron chi connectivity index (χ4n) is 5.32. The molecule has 1 aliphatic rings. The van der Waals surface area contributed by atoms with Crippen molar-refractivity contribution in [3.8, 4) is 22.2 Å². The van der Waals surface area contributed by atoms with Crippen molar-refractivity contribution in [3.05, 3.63) is 47.5 Å². The summed E-state index contributed by atoms with van der Waals surface area (Å²) in [6, 6.07) is 5.68. The molecule has 3 atom stereocenters. The molecule has 2 aromatic heterocycles. The zero-order chi connectivity index (χ0) is 29.0. The first-order valence-corrected chi connectivity index (χ1v) is 14.7. The maximum atomic E-state index is 13.3. The molecule has 8 nitrogen and oxygen atoms in total. The average molecular weight is 566 g/mol. The van der Waals surface area contributed by atoms with Crippen LogP contribution in [0.2, 0.25) is 0 Å². The lowest BCUT2D eigenvalue weighted by Gasteiger charge is -2.23. The van der Waals surface area contributed by atoms with Gasteiger partial charge in [-0.05, 0) is 57.1 Å². The highest BCUT2D eigenvalue weighted by Crippen LogP contribution is 2.40. The molecule has 0 radical (unpaired) electrons. The van der Waals surface area contributed by atoms with Crippen LogP contribution in [0.1, 0.15) is 63.1 Å². The molecule has 1 amide bonds. The number of aromatic nitrogens is 2. The zero-order valence-corrected chi connectivity index (χ0v) is 24.8. The van der Waals surface area contributed by atoms with Gasteiger partial charge in [0, 0.05) is 36.0 Å². The number of amides is 1. The number of aryl methyl sites for hydroxylation is 1. The number of nitrogens with zero attached hydrogens (tertiary/aromatic N) is 3. The molecule has 2 heterocycles. The van der Waals surface area contributed by atoms with E-state index in [-0.39, 0.29) is 12.3 Å². The van der Waals surface area contributed by atoms with Crippen LogP contribution in [0.25, 0.3) is 21.6 Å². The minimum absolute atomic E-state index is 0.137. The van der Waals surface area contributed by atoms with E-state index in [1.54, 1.807) is 19.1 Å². The quantitative estimate of drug-likeness (QED) is 0.198. The molecule has 0 aliphatic heterocycles. The number of ether oxygens (including phenoxy) is 2. The number of methoxy groups -OCH3 is 1. The SMILES string of the molecule is C=CCCCCN(C)C(=O)[C@@H]1C[C@H](Oc2cc(-c3nc(C(C)C)cs3)nc3c(C)c(OC)ccc23)C[C@H]1C(=O)O. The van der Waals surface area contributed by atoms with Crippen LogP contribution in [-0.2, 0) is 9.59 Å². The molecular formula is C31H39N3O5S. The number of aliphatic carboxylic acids is 1. The molecule has 1 saturated carbocycles. The summed E-state index contributed by atoms with van der Waals surface area (Å²) in [5.41, 5.74) is 3.32. The second-order valence-electron chi connectivity index (χ2n) is 10.8. The predicted octanol–water partition coefficient (Wildman–Crippen LogP) is 6.47. The number of hydrogen-bond donors (Lipinski definition) is 1. The summed E-state index contributed by atoms with van der Waals surface area (Å²) in [5.74, 6) is -0.907. The highest BCUT2D eigenvalue weighted by Gasteiger charge is 2.45. The van der Waals surface area contributed by atoms with Crippen LogP contribution in [0, 0.1) is 18.8 Å². The Kier molecular flexibility index (Phi) is 9.45. The van der Waals surface area contributed by atoms with Crippen LogP contribution in [-0.4, -0.2) is 58.7 Å². The van der Waals surface area contributed by atoms with Gasteiger partial charge in [0.25, 0.3) is 0 Å². The number of unbranched alkanes of at least 4 members (excludes halogenated alkanes) is 2. The average Bonchev–Trinajstić information content (AvgIpc) is 3.59. The fraction of sp³-hybridized carbons (Fsp3) is 0.484. The van der Waals surface area contributed by atoms with Crippen molar-refractivity contribution in [1.29, 1.82) is 0 Å². The lowest BCUT2D eigenvalue weighted by molar-refractivity contribution is -0.148. The third-order valence-corrected chi connectivity index (χ3v) is 8.56. The Hall–Kier alpha value is -3.46. The minimum Gasteiger partial charge on any atom is -0.496 e. The summed E-state index contributed by atoms with van der Waals surface area (Å²) in [4.78, 5) is 36.9. The van der Waals surface area contributed by atoms with E-state index in [1.807, 2.05) is 36.6 Å². The van der Waals surface area contributed by atoms with E-state index in [4.69, 9.17) is 19.4 Å². The molecule has 40 heavy (non-hydrogen) atoms. The summed E-state index contributed by atoms with van der Waals surface area (Å²) in [5, 5.41) is 13.6. The Bertz CT molecular complexity index is 1380. The van der Waals surface area contributed by atoms with Crippen LogP contribution in [0.4, 0.5) is 0 Å². The van der Waals surface area contributed by atoms with Crippen molar-refractivity contribution < 1.29 is 24.2 Å². The van der Waals surface area contributed by atoms with E-state index in [9.17, 15) is 14.7 Å². The smallest absolute Gasteiger partial charge is 0.307 e. The van der Waals surface area contributed by atoms with E-state index >= 15 is 0 Å². The van der Waals surface area contributed by atoms with Crippen LogP contribution < -0.4 is 9.47 Å². The van der Waals surface area contributed by atoms with Gasteiger partial charge in [-0.25, -0.2) is 9.97 Å². The Morgan fingerprint density at radius 3 is 2.60 bits per heavy atom. The molecule has 1 aliphatic carbocycles. The van der Waals surface area contributed by atoms with Gasteiger partial charge in [0.15, 0.2) is 0 Å². The van der Waals surface area contributed by atoms with E-state index in [0.717, 1.165) is 52.2 Å². The van der Waals surface area contributed by atoms with Gasteiger partial charge in [0.1, 0.15) is 28.3 Å². The van der Waals surface area contributed by atoms with Crippen molar-refractivity contribution in [2.45, 2.75) is 64.9 Å². The standard InChI is InChI=1S/C31H39N3O5S/c1-7-8-9-10-13-34(5)30(35)22-14-20(15-23(22)31(36)37)39-27-16-24(29-33-25(17-40-29)18(2)3)32-28-19(4)26(38-6)12-11-21(27)28/h7,11-12,16-18,20,22-23H,1,8-10,13-15H2,2-6H3,(H,36,37)/t20-,22+,23+/m0/s1. The van der Waals surface area contributed by atoms with Crippen LogP contribution in [0.3, 0.4) is 0 Å². The maximum Gasteiger partial charge on any atom is 0.307 e. The lowest BCUT2D eigenvalue weighted by atomic mass is 9.95. The second kappa shape index (κ2) is 12.8. The number of carboxylic acid groups (broad SMARTS) is 1. The van der Waals surface area contributed by atoms with Crippen molar-refractivity contribution in [3.63, 3.8) is 0 Å². The van der Waals surface area contributed by atoms with Gasteiger partial charge in [0.05, 0.1) is 30.2 Å². The monoisotopic (exact) mass is 565 g/mol. The topological polar surface area (TPSA) is 102 Å². The summed E-state index contributed by atoms with van der Waals surface area (Å²) in [7, 11) is 3.38. The Labute approximate surface area is 240 Å². The number of allylic oxidation sites excluding steroid dienone is 1. The van der Waals surface area contributed by atoms with Crippen LogP contribution in [0.5, 0.6) is 11.5 Å². The third-order valence-electron chi connectivity index (χ3n) is 7.67. The van der Waals surface area contributed by atoms with Gasteiger partial charge in [-0.2, -0.15) is 0 Å². The molecule has 0 spiro atoms. The molecule has 4 rings (SSSR count). The van der Waals surface area contributed by atoms with Gasteiger partial charge in [0.2, 0.25) is 5.91 Å². The number of carboxylic acids is 1. The van der Waals surface area contributed by atoms with Gasteiger partial charge >= 0.3 is 5.97 Å². The fourth-order valence-corrected chi connectivity index (χ4v) is 6.26. The molecule has 1 aromatic carbocycles. The van der Waals surface area contributed by atoms with Gasteiger partial charge < -0.3 is 19.5 Å². The second-order valence-corrected chi connectivity index (χ2v) is 11.7. The first kappa shape index (κ1) is 29.5. The number of benzene rings is 1. The van der Waals surface area contributed by atoms with Crippen molar-refractivity contribution in [2.75, 3.05) is 20.7 Å². The third kappa shape index (κ3) is 6.30. The lowest BCUT2D eigenvalue weighted by Crippen LogP contribution is -2.37. The van der Waals surface area contributed by atoms with Crippen molar-refractivity contribution in [1.82, 2.24) is 14.9 Å². The maximum absolute atomic E-state index is 13.3. The number of rotatable bonds is 12. The van der Waals surface area contributed by atoms with Crippen molar-refractivity contribution >= 4 is 34.1 Å². The van der Waals surface area contributed by atoms with E-state index in [0.29, 0.717) is 30.3 Å². The predicted molar refractivity (Wildman–Crippen MR) is 158 cm³/mol. The van der Waals surface area contributed by atoms with Crippen molar-refractivity contribution in [2.24, 2.45) is 11.8 Å². The Morgan fingerprint density at radius 1 is 1.20 bits per heavy atom. The molecule has 9 heteroatoms. The zero-order valence-electron chi connectivity index (χ0n) is 24.0.